The van der Waals surface area contributed by atoms with Crippen LogP contribution >= 0.6 is 15.9 Å². The van der Waals surface area contributed by atoms with Crippen molar-refractivity contribution in [3.8, 4) is 11.5 Å². The largest absolute Gasteiger partial charge is 0.493 e. The maximum absolute atomic E-state index is 12.0. The minimum atomic E-state index is -0.429. The number of ether oxygens (including phenoxy) is 3. The third kappa shape index (κ3) is 6.56. The molecule has 150 valence electrons. The van der Waals surface area contributed by atoms with Gasteiger partial charge in [0.1, 0.15) is 0 Å². The Labute approximate surface area is 173 Å². The van der Waals surface area contributed by atoms with Crippen LogP contribution in [0.2, 0.25) is 0 Å². The number of carbonyl (C=O) groups is 2. The molecule has 0 aliphatic heterocycles. The monoisotopic (exact) mass is 449 g/mol. The third-order valence-electron chi connectivity index (χ3n) is 4.18. The third-order valence-corrected chi connectivity index (χ3v) is 4.71. The van der Waals surface area contributed by atoms with E-state index in [1.165, 1.54) is 0 Å². The number of hydrogen-bond donors (Lipinski definition) is 1. The minimum absolute atomic E-state index is 0.172. The van der Waals surface area contributed by atoms with Crippen molar-refractivity contribution >= 4 is 27.8 Å². The van der Waals surface area contributed by atoms with Crippen LogP contribution < -0.4 is 14.8 Å². The fourth-order valence-corrected chi connectivity index (χ4v) is 2.88. The van der Waals surface area contributed by atoms with Gasteiger partial charge in [-0.1, -0.05) is 34.1 Å². The molecule has 7 heteroatoms. The molecule has 2 aromatic rings. The summed E-state index contributed by atoms with van der Waals surface area (Å²) >= 11 is 3.37. The number of benzene rings is 2. The predicted octanol–water partition coefficient (Wildman–Crippen LogP) is 3.82. The van der Waals surface area contributed by atoms with E-state index in [1.54, 1.807) is 20.3 Å². The molecule has 1 atom stereocenters. The van der Waals surface area contributed by atoms with Gasteiger partial charge in [-0.2, -0.15) is 0 Å². The maximum Gasteiger partial charge on any atom is 0.306 e. The smallest absolute Gasteiger partial charge is 0.306 e. The summed E-state index contributed by atoms with van der Waals surface area (Å²) in [5.41, 5.74) is 1.89. The maximum atomic E-state index is 12.0. The quantitative estimate of drug-likeness (QED) is 0.588. The molecule has 6 nitrogen and oxygen atoms in total. The van der Waals surface area contributed by atoms with Crippen molar-refractivity contribution in [2.24, 2.45) is 0 Å². The zero-order valence-corrected chi connectivity index (χ0v) is 17.7. The van der Waals surface area contributed by atoms with Crippen LogP contribution in [0.3, 0.4) is 0 Å². The van der Waals surface area contributed by atoms with Crippen molar-refractivity contribution in [1.29, 1.82) is 0 Å². The number of esters is 1. The lowest BCUT2D eigenvalue weighted by Gasteiger charge is -2.14. The van der Waals surface area contributed by atoms with Crippen LogP contribution in [-0.4, -0.2) is 32.7 Å². The number of nitrogens with one attached hydrogen (secondary N) is 1. The van der Waals surface area contributed by atoms with Gasteiger partial charge in [-0.15, -0.1) is 0 Å². The lowest BCUT2D eigenvalue weighted by molar-refractivity contribution is -0.148. The summed E-state index contributed by atoms with van der Waals surface area (Å²) in [6.07, 6.45) is 0.654. The van der Waals surface area contributed by atoms with Crippen LogP contribution in [0.1, 0.15) is 30.5 Å². The van der Waals surface area contributed by atoms with Crippen molar-refractivity contribution in [3.63, 3.8) is 0 Å². The van der Waals surface area contributed by atoms with Gasteiger partial charge in [0.15, 0.2) is 18.1 Å². The summed E-state index contributed by atoms with van der Waals surface area (Å²) in [4.78, 5) is 23.9. The highest BCUT2D eigenvalue weighted by atomic mass is 79.9. The summed E-state index contributed by atoms with van der Waals surface area (Å²) < 4.78 is 16.5. The molecule has 1 amide bonds. The number of halogens is 1. The Morgan fingerprint density at radius 3 is 2.36 bits per heavy atom. The Morgan fingerprint density at radius 2 is 1.71 bits per heavy atom. The number of carbonyl (C=O) groups excluding carboxylic acids is 2. The highest BCUT2D eigenvalue weighted by Gasteiger charge is 2.13. The summed E-state index contributed by atoms with van der Waals surface area (Å²) in [7, 11) is 3.13. The van der Waals surface area contributed by atoms with Gasteiger partial charge in [-0.05, 0) is 48.7 Å². The van der Waals surface area contributed by atoms with E-state index < -0.39 is 5.97 Å². The van der Waals surface area contributed by atoms with Crippen LogP contribution in [0.25, 0.3) is 0 Å². The van der Waals surface area contributed by atoms with Gasteiger partial charge in [-0.3, -0.25) is 9.59 Å². The first-order valence-electron chi connectivity index (χ1n) is 8.84. The van der Waals surface area contributed by atoms with Crippen LogP contribution in [0.15, 0.2) is 46.9 Å². The van der Waals surface area contributed by atoms with E-state index in [-0.39, 0.29) is 25.0 Å². The predicted molar refractivity (Wildman–Crippen MR) is 110 cm³/mol. The van der Waals surface area contributed by atoms with E-state index in [4.69, 9.17) is 14.2 Å². The Bertz CT molecular complexity index is 807. The Hall–Kier alpha value is -2.54. The second-order valence-electron chi connectivity index (χ2n) is 6.19. The molecule has 0 bridgehead atoms. The topological polar surface area (TPSA) is 73.9 Å². The number of methoxy groups -OCH3 is 2. The Morgan fingerprint density at radius 1 is 1.04 bits per heavy atom. The average molecular weight is 450 g/mol. The van der Waals surface area contributed by atoms with E-state index in [9.17, 15) is 9.59 Å². The molecule has 0 aliphatic carbocycles. The number of rotatable bonds is 9. The number of hydrogen-bond acceptors (Lipinski definition) is 5. The highest BCUT2D eigenvalue weighted by molar-refractivity contribution is 9.10. The van der Waals surface area contributed by atoms with Gasteiger partial charge >= 0.3 is 5.97 Å². The second kappa shape index (κ2) is 10.7. The van der Waals surface area contributed by atoms with Gasteiger partial charge in [0, 0.05) is 10.9 Å². The second-order valence-corrected chi connectivity index (χ2v) is 7.11. The molecule has 2 rings (SSSR count). The summed E-state index contributed by atoms with van der Waals surface area (Å²) in [5, 5.41) is 2.81. The van der Waals surface area contributed by atoms with Crippen molar-refractivity contribution in [3.05, 3.63) is 58.1 Å². The van der Waals surface area contributed by atoms with Gasteiger partial charge < -0.3 is 19.5 Å². The molecular formula is C21H24BrNO5. The van der Waals surface area contributed by atoms with Gasteiger partial charge in [0.2, 0.25) is 0 Å². The van der Waals surface area contributed by atoms with Gasteiger partial charge in [-0.25, -0.2) is 0 Å². The summed E-state index contributed by atoms with van der Waals surface area (Å²) in [6.45, 7) is 1.58. The van der Waals surface area contributed by atoms with Crippen molar-refractivity contribution in [2.75, 3.05) is 20.8 Å². The van der Waals surface area contributed by atoms with Crippen LogP contribution in [0, 0.1) is 0 Å². The summed E-state index contributed by atoms with van der Waals surface area (Å²) in [6, 6.07) is 13.0. The minimum Gasteiger partial charge on any atom is -0.493 e. The SMILES string of the molecule is COc1ccc(CCC(=O)OCC(=O)NC(C)c2ccc(Br)cc2)cc1OC. The molecule has 0 saturated carbocycles. The molecule has 28 heavy (non-hydrogen) atoms. The Kier molecular flexibility index (Phi) is 8.32. The molecular weight excluding hydrogens is 426 g/mol. The highest BCUT2D eigenvalue weighted by Crippen LogP contribution is 2.28. The molecule has 1 N–H and O–H groups in total. The summed E-state index contributed by atoms with van der Waals surface area (Å²) in [5.74, 6) is 0.469. The van der Waals surface area contributed by atoms with E-state index in [2.05, 4.69) is 21.2 Å². The molecule has 2 aromatic carbocycles. The number of amides is 1. The number of aryl methyl sites for hydroxylation is 1. The zero-order chi connectivity index (χ0) is 20.5. The first-order valence-corrected chi connectivity index (χ1v) is 9.63. The molecule has 1 unspecified atom stereocenters. The zero-order valence-electron chi connectivity index (χ0n) is 16.2. The molecule has 0 aromatic heterocycles. The molecule has 0 heterocycles. The van der Waals surface area contributed by atoms with Gasteiger partial charge in [0.25, 0.3) is 5.91 Å². The van der Waals surface area contributed by atoms with Crippen molar-refractivity contribution in [2.45, 2.75) is 25.8 Å². The van der Waals surface area contributed by atoms with E-state index in [0.717, 1.165) is 15.6 Å². The van der Waals surface area contributed by atoms with Crippen LogP contribution in [0.4, 0.5) is 0 Å². The van der Waals surface area contributed by atoms with Gasteiger partial charge in [0.05, 0.1) is 20.3 Å². The van der Waals surface area contributed by atoms with Crippen LogP contribution in [-0.2, 0) is 20.7 Å². The normalized spacial score (nSPS) is 11.4. The Balaban J connectivity index is 1.76. The fourth-order valence-electron chi connectivity index (χ4n) is 2.62. The molecule has 0 saturated heterocycles. The average Bonchev–Trinajstić information content (AvgIpc) is 2.70. The standard InChI is InChI=1S/C21H24BrNO5/c1-14(16-6-8-17(22)9-7-16)23-20(24)13-28-21(25)11-5-15-4-10-18(26-2)19(12-15)27-3/h4,6-10,12,14H,5,11,13H2,1-3H3,(H,23,24). The van der Waals surface area contributed by atoms with Crippen molar-refractivity contribution in [1.82, 2.24) is 5.32 Å². The lowest BCUT2D eigenvalue weighted by atomic mass is 10.1. The molecule has 0 radical (unpaired) electrons. The van der Waals surface area contributed by atoms with E-state index >= 15 is 0 Å². The first-order chi connectivity index (χ1) is 13.4. The van der Waals surface area contributed by atoms with Crippen molar-refractivity contribution < 1.29 is 23.8 Å². The van der Waals surface area contributed by atoms with E-state index in [0.29, 0.717) is 17.9 Å². The fraction of sp³-hybridized carbons (Fsp3) is 0.333. The lowest BCUT2D eigenvalue weighted by Crippen LogP contribution is -2.31. The first kappa shape index (κ1) is 21.8. The van der Waals surface area contributed by atoms with E-state index in [1.807, 2.05) is 43.3 Å². The molecule has 0 spiro atoms. The van der Waals surface area contributed by atoms with Crippen LogP contribution in [0.5, 0.6) is 11.5 Å². The molecule has 0 fully saturated rings. The molecule has 0 aliphatic rings.